The van der Waals surface area contributed by atoms with Crippen molar-refractivity contribution < 1.29 is 5.11 Å². The summed E-state index contributed by atoms with van der Waals surface area (Å²) in [4.78, 5) is 0. The number of hydrogen-bond donors (Lipinski definition) is 1. The first-order valence-electron chi connectivity index (χ1n) is 3.75. The number of rotatable bonds is 0. The Hall–Kier alpha value is -0.920. The first kappa shape index (κ1) is 8.67. The maximum atomic E-state index is 9.50. The SMILES string of the molecule is Oc1cccc2c(Cl)cc(Cl)cc12. The zero-order chi connectivity index (χ0) is 9.42. The molecule has 0 aliphatic rings. The van der Waals surface area contributed by atoms with Crippen molar-refractivity contribution in [1.82, 2.24) is 0 Å². The minimum Gasteiger partial charge on any atom is -0.507 e. The van der Waals surface area contributed by atoms with E-state index in [0.29, 0.717) is 15.4 Å². The van der Waals surface area contributed by atoms with Gasteiger partial charge in [-0.3, -0.25) is 0 Å². The predicted octanol–water partition coefficient (Wildman–Crippen LogP) is 3.85. The van der Waals surface area contributed by atoms with Crippen LogP contribution in [0.1, 0.15) is 0 Å². The molecule has 0 atom stereocenters. The molecule has 0 spiro atoms. The molecular weight excluding hydrogens is 207 g/mol. The van der Waals surface area contributed by atoms with Crippen LogP contribution in [0.15, 0.2) is 30.3 Å². The zero-order valence-corrected chi connectivity index (χ0v) is 8.10. The van der Waals surface area contributed by atoms with Crippen molar-refractivity contribution in [1.29, 1.82) is 0 Å². The molecule has 1 N–H and O–H groups in total. The molecule has 0 amide bonds. The Morgan fingerprint density at radius 2 is 1.77 bits per heavy atom. The molecule has 0 radical (unpaired) electrons. The van der Waals surface area contributed by atoms with Gasteiger partial charge in [-0.05, 0) is 18.2 Å². The van der Waals surface area contributed by atoms with Gasteiger partial charge in [-0.25, -0.2) is 0 Å². The number of benzene rings is 2. The van der Waals surface area contributed by atoms with Gasteiger partial charge >= 0.3 is 0 Å². The number of aromatic hydroxyl groups is 1. The van der Waals surface area contributed by atoms with E-state index in [-0.39, 0.29) is 5.75 Å². The summed E-state index contributed by atoms with van der Waals surface area (Å²) in [5.41, 5.74) is 0. The van der Waals surface area contributed by atoms with E-state index in [9.17, 15) is 5.11 Å². The lowest BCUT2D eigenvalue weighted by molar-refractivity contribution is 0.481. The van der Waals surface area contributed by atoms with E-state index in [0.717, 1.165) is 5.39 Å². The summed E-state index contributed by atoms with van der Waals surface area (Å²) in [6, 6.07) is 8.54. The van der Waals surface area contributed by atoms with Crippen LogP contribution in [0.3, 0.4) is 0 Å². The lowest BCUT2D eigenvalue weighted by Crippen LogP contribution is -1.75. The third-order valence-corrected chi connectivity index (χ3v) is 2.42. The summed E-state index contributed by atoms with van der Waals surface area (Å²) in [5.74, 6) is 0.196. The molecule has 0 saturated heterocycles. The van der Waals surface area contributed by atoms with Gasteiger partial charge in [-0.2, -0.15) is 0 Å². The first-order chi connectivity index (χ1) is 6.18. The molecule has 2 aromatic rings. The molecule has 13 heavy (non-hydrogen) atoms. The van der Waals surface area contributed by atoms with Crippen LogP contribution in [0.25, 0.3) is 10.8 Å². The maximum Gasteiger partial charge on any atom is 0.123 e. The minimum absolute atomic E-state index is 0.196. The molecule has 0 aliphatic heterocycles. The van der Waals surface area contributed by atoms with Gasteiger partial charge in [0.2, 0.25) is 0 Å². The van der Waals surface area contributed by atoms with Crippen LogP contribution in [0.5, 0.6) is 5.75 Å². The third-order valence-electron chi connectivity index (χ3n) is 1.89. The second-order valence-corrected chi connectivity index (χ2v) is 3.60. The number of halogens is 2. The van der Waals surface area contributed by atoms with E-state index in [4.69, 9.17) is 23.2 Å². The molecule has 0 saturated carbocycles. The highest BCUT2D eigenvalue weighted by Gasteiger charge is 2.03. The second-order valence-electron chi connectivity index (χ2n) is 2.76. The van der Waals surface area contributed by atoms with Gasteiger partial charge in [0, 0.05) is 15.8 Å². The van der Waals surface area contributed by atoms with Gasteiger partial charge in [0.25, 0.3) is 0 Å². The standard InChI is InChI=1S/C10H6Cl2O/c11-6-4-8-7(9(12)5-6)2-1-3-10(8)13/h1-5,13H. The zero-order valence-electron chi connectivity index (χ0n) is 6.59. The average Bonchev–Trinajstić information content (AvgIpc) is 2.07. The molecule has 2 rings (SSSR count). The highest BCUT2D eigenvalue weighted by molar-refractivity contribution is 6.38. The summed E-state index contributed by atoms with van der Waals surface area (Å²) in [6.07, 6.45) is 0. The van der Waals surface area contributed by atoms with Crippen LogP contribution in [0.4, 0.5) is 0 Å². The van der Waals surface area contributed by atoms with Crippen LogP contribution in [-0.2, 0) is 0 Å². The van der Waals surface area contributed by atoms with Crippen molar-refractivity contribution in [2.45, 2.75) is 0 Å². The van der Waals surface area contributed by atoms with Crippen molar-refractivity contribution in [3.05, 3.63) is 40.4 Å². The van der Waals surface area contributed by atoms with Crippen LogP contribution in [0, 0.1) is 0 Å². The normalized spacial score (nSPS) is 10.6. The number of hydrogen-bond acceptors (Lipinski definition) is 1. The fourth-order valence-electron chi connectivity index (χ4n) is 1.29. The second kappa shape index (κ2) is 3.09. The number of phenols is 1. The van der Waals surface area contributed by atoms with Crippen LogP contribution in [0.2, 0.25) is 10.0 Å². The van der Waals surface area contributed by atoms with E-state index in [1.165, 1.54) is 0 Å². The lowest BCUT2D eigenvalue weighted by atomic mass is 10.1. The highest BCUT2D eigenvalue weighted by Crippen LogP contribution is 2.32. The Kier molecular flexibility index (Phi) is 2.06. The molecule has 1 nitrogen and oxygen atoms in total. The Labute approximate surface area is 85.5 Å². The molecule has 0 fully saturated rings. The van der Waals surface area contributed by atoms with Crippen molar-refractivity contribution >= 4 is 34.0 Å². The summed E-state index contributed by atoms with van der Waals surface area (Å²) >= 11 is 11.7. The smallest absolute Gasteiger partial charge is 0.123 e. The van der Waals surface area contributed by atoms with E-state index in [1.807, 2.05) is 6.07 Å². The van der Waals surface area contributed by atoms with E-state index in [2.05, 4.69) is 0 Å². The Balaban J connectivity index is 2.94. The molecule has 0 unspecified atom stereocenters. The van der Waals surface area contributed by atoms with Crippen molar-refractivity contribution in [2.24, 2.45) is 0 Å². The summed E-state index contributed by atoms with van der Waals surface area (Å²) < 4.78 is 0. The van der Waals surface area contributed by atoms with Gasteiger partial charge in [-0.15, -0.1) is 0 Å². The fraction of sp³-hybridized carbons (Fsp3) is 0. The largest absolute Gasteiger partial charge is 0.507 e. The lowest BCUT2D eigenvalue weighted by Gasteiger charge is -2.02. The minimum atomic E-state index is 0.196. The summed E-state index contributed by atoms with van der Waals surface area (Å²) in [6.45, 7) is 0. The molecular formula is C10H6Cl2O. The van der Waals surface area contributed by atoms with E-state index < -0.39 is 0 Å². The van der Waals surface area contributed by atoms with E-state index in [1.54, 1.807) is 24.3 Å². The molecule has 3 heteroatoms. The fourth-order valence-corrected chi connectivity index (χ4v) is 1.85. The van der Waals surface area contributed by atoms with Gasteiger partial charge in [0.05, 0.1) is 5.02 Å². The monoisotopic (exact) mass is 212 g/mol. The predicted molar refractivity (Wildman–Crippen MR) is 55.6 cm³/mol. The molecule has 0 aliphatic carbocycles. The number of phenolic OH excluding ortho intramolecular Hbond substituents is 1. The van der Waals surface area contributed by atoms with Crippen LogP contribution >= 0.6 is 23.2 Å². The van der Waals surface area contributed by atoms with Crippen molar-refractivity contribution in [2.75, 3.05) is 0 Å². The average molecular weight is 213 g/mol. The highest BCUT2D eigenvalue weighted by atomic mass is 35.5. The van der Waals surface area contributed by atoms with Crippen LogP contribution in [-0.4, -0.2) is 5.11 Å². The van der Waals surface area contributed by atoms with Gasteiger partial charge in [-0.1, -0.05) is 35.3 Å². The van der Waals surface area contributed by atoms with Gasteiger partial charge in [0.1, 0.15) is 5.75 Å². The topological polar surface area (TPSA) is 20.2 Å². The molecule has 2 aromatic carbocycles. The Morgan fingerprint density at radius 3 is 2.54 bits per heavy atom. The Bertz CT molecular complexity index is 466. The summed E-state index contributed by atoms with van der Waals surface area (Å²) in [5, 5.41) is 12.1. The molecule has 0 heterocycles. The van der Waals surface area contributed by atoms with Crippen molar-refractivity contribution in [3.63, 3.8) is 0 Å². The Morgan fingerprint density at radius 1 is 1.00 bits per heavy atom. The van der Waals surface area contributed by atoms with E-state index >= 15 is 0 Å². The molecule has 0 bridgehead atoms. The quantitative estimate of drug-likeness (QED) is 0.704. The van der Waals surface area contributed by atoms with Crippen molar-refractivity contribution in [3.8, 4) is 5.75 Å². The van der Waals surface area contributed by atoms with Gasteiger partial charge < -0.3 is 5.11 Å². The number of fused-ring (bicyclic) bond motifs is 1. The first-order valence-corrected chi connectivity index (χ1v) is 4.51. The summed E-state index contributed by atoms with van der Waals surface area (Å²) in [7, 11) is 0. The van der Waals surface area contributed by atoms with Gasteiger partial charge in [0.15, 0.2) is 0 Å². The van der Waals surface area contributed by atoms with Crippen LogP contribution < -0.4 is 0 Å². The molecule has 0 aromatic heterocycles. The third kappa shape index (κ3) is 1.45. The maximum absolute atomic E-state index is 9.50. The molecule has 66 valence electrons.